The van der Waals surface area contributed by atoms with Gasteiger partial charge >= 0.3 is 5.97 Å². The standard InChI is InChI=1S/C24H31ClN2O5/c1-3-32-24(31)19-15(2)11-12-16-20(19)23(30)27(13-7-4-8-14-28)21(16)22(29)26-18-10-6-5-9-17(18)25/h5-6,9-12,15-16,19-21,28H,3-4,7-8,13-14H2,1-2H3,(H,26,29)/t15-,16+,19-,20+,21+/m1/s1. The number of esters is 1. The average Bonchev–Trinajstić information content (AvgIpc) is 3.04. The Hall–Kier alpha value is -2.38. The number of fused-ring (bicyclic) bond motifs is 1. The van der Waals surface area contributed by atoms with E-state index in [1.807, 2.05) is 19.1 Å². The summed E-state index contributed by atoms with van der Waals surface area (Å²) in [6, 6.07) is 6.19. The van der Waals surface area contributed by atoms with Crippen LogP contribution in [0.25, 0.3) is 0 Å². The van der Waals surface area contributed by atoms with E-state index in [1.165, 1.54) is 0 Å². The van der Waals surface area contributed by atoms with E-state index in [1.54, 1.807) is 36.1 Å². The Morgan fingerprint density at radius 3 is 2.62 bits per heavy atom. The minimum atomic E-state index is -0.751. The van der Waals surface area contributed by atoms with Gasteiger partial charge in [0.05, 0.1) is 29.2 Å². The third kappa shape index (κ3) is 4.99. The highest BCUT2D eigenvalue weighted by molar-refractivity contribution is 6.33. The number of nitrogens with one attached hydrogen (secondary N) is 1. The van der Waals surface area contributed by atoms with E-state index in [4.69, 9.17) is 21.4 Å². The van der Waals surface area contributed by atoms with E-state index in [-0.39, 0.29) is 30.9 Å². The Morgan fingerprint density at radius 2 is 1.94 bits per heavy atom. The molecule has 0 spiro atoms. The number of benzene rings is 1. The lowest BCUT2D eigenvalue weighted by Crippen LogP contribution is -2.44. The Labute approximate surface area is 193 Å². The van der Waals surface area contributed by atoms with Crippen LogP contribution < -0.4 is 5.32 Å². The van der Waals surface area contributed by atoms with Crippen molar-refractivity contribution in [3.63, 3.8) is 0 Å². The van der Waals surface area contributed by atoms with Crippen LogP contribution in [0, 0.1) is 23.7 Å². The zero-order valence-corrected chi connectivity index (χ0v) is 19.3. The second-order valence-corrected chi connectivity index (χ2v) is 8.76. The van der Waals surface area contributed by atoms with E-state index in [9.17, 15) is 14.4 Å². The quantitative estimate of drug-likeness (QED) is 0.333. The number of allylic oxidation sites excluding steroid dienone is 1. The van der Waals surface area contributed by atoms with Crippen molar-refractivity contribution in [3.8, 4) is 0 Å². The summed E-state index contributed by atoms with van der Waals surface area (Å²) in [7, 11) is 0. The minimum Gasteiger partial charge on any atom is -0.466 e. The molecule has 1 fully saturated rings. The fourth-order valence-electron chi connectivity index (χ4n) is 4.77. The average molecular weight is 463 g/mol. The van der Waals surface area contributed by atoms with Crippen molar-refractivity contribution in [2.45, 2.75) is 39.2 Å². The number of halogens is 1. The van der Waals surface area contributed by atoms with Gasteiger partial charge in [-0.2, -0.15) is 0 Å². The zero-order chi connectivity index (χ0) is 23.3. The van der Waals surface area contributed by atoms with Gasteiger partial charge in [-0.15, -0.1) is 0 Å². The third-order valence-corrected chi connectivity index (χ3v) is 6.62. The van der Waals surface area contributed by atoms with Gasteiger partial charge in [-0.05, 0) is 44.2 Å². The van der Waals surface area contributed by atoms with Crippen molar-refractivity contribution < 1.29 is 24.2 Å². The number of para-hydroxylation sites is 1. The molecule has 0 unspecified atom stereocenters. The predicted molar refractivity (Wildman–Crippen MR) is 122 cm³/mol. The highest BCUT2D eigenvalue weighted by Crippen LogP contribution is 2.44. The predicted octanol–water partition coefficient (Wildman–Crippen LogP) is 3.27. The highest BCUT2D eigenvalue weighted by atomic mass is 35.5. The van der Waals surface area contributed by atoms with Gasteiger partial charge in [0.25, 0.3) is 0 Å². The molecule has 2 aliphatic rings. The van der Waals surface area contributed by atoms with Gasteiger partial charge in [0.15, 0.2) is 0 Å². The molecule has 1 heterocycles. The van der Waals surface area contributed by atoms with Crippen molar-refractivity contribution >= 4 is 35.1 Å². The zero-order valence-electron chi connectivity index (χ0n) is 18.5. The SMILES string of the molecule is CCOC(=O)[C@H]1[C@H]2C(=O)N(CCCCCO)[C@H](C(=O)Nc3ccccc3Cl)[C@H]2C=C[C@H]1C. The van der Waals surface area contributed by atoms with Gasteiger partial charge in [-0.1, -0.05) is 42.8 Å². The summed E-state index contributed by atoms with van der Waals surface area (Å²) in [5.74, 6) is -2.81. The van der Waals surface area contributed by atoms with Crippen molar-refractivity contribution in [1.29, 1.82) is 0 Å². The number of anilines is 1. The van der Waals surface area contributed by atoms with E-state index in [2.05, 4.69) is 5.32 Å². The van der Waals surface area contributed by atoms with Crippen LogP contribution in [0.4, 0.5) is 5.69 Å². The molecule has 1 aromatic rings. The second kappa shape index (κ2) is 11.0. The molecule has 7 nitrogen and oxygen atoms in total. The number of carbonyl (C=O) groups excluding carboxylic acids is 3. The molecule has 0 saturated carbocycles. The summed E-state index contributed by atoms with van der Waals surface area (Å²) in [6.45, 7) is 4.33. The molecule has 1 aliphatic heterocycles. The summed E-state index contributed by atoms with van der Waals surface area (Å²) in [5, 5.41) is 12.3. The number of unbranched alkanes of at least 4 members (excludes halogenated alkanes) is 2. The molecule has 5 atom stereocenters. The van der Waals surface area contributed by atoms with Gasteiger partial charge in [0.2, 0.25) is 11.8 Å². The van der Waals surface area contributed by atoms with Crippen molar-refractivity contribution in [2.24, 2.45) is 23.7 Å². The number of rotatable bonds is 9. The van der Waals surface area contributed by atoms with Crippen LogP contribution in [0.15, 0.2) is 36.4 Å². The van der Waals surface area contributed by atoms with Crippen LogP contribution in [0.5, 0.6) is 0 Å². The number of amides is 2. The van der Waals surface area contributed by atoms with Gasteiger partial charge in [-0.25, -0.2) is 0 Å². The van der Waals surface area contributed by atoms with Crippen LogP contribution in [0.2, 0.25) is 5.02 Å². The molecule has 1 aliphatic carbocycles. The fraction of sp³-hybridized carbons (Fsp3) is 0.542. The van der Waals surface area contributed by atoms with Crippen LogP contribution in [0.3, 0.4) is 0 Å². The first kappa shape index (κ1) is 24.3. The second-order valence-electron chi connectivity index (χ2n) is 8.35. The fourth-order valence-corrected chi connectivity index (χ4v) is 4.95. The summed E-state index contributed by atoms with van der Waals surface area (Å²) in [4.78, 5) is 41.3. The molecule has 2 amide bonds. The smallest absolute Gasteiger partial charge is 0.310 e. The topological polar surface area (TPSA) is 95.9 Å². The van der Waals surface area contributed by atoms with Crippen LogP contribution in [0.1, 0.15) is 33.1 Å². The third-order valence-electron chi connectivity index (χ3n) is 6.29. The number of ether oxygens (including phenoxy) is 1. The van der Waals surface area contributed by atoms with E-state index in [0.29, 0.717) is 30.1 Å². The lowest BCUT2D eigenvalue weighted by atomic mass is 9.70. The molecule has 2 N–H and O–H groups in total. The number of carbonyl (C=O) groups is 3. The Bertz CT molecular complexity index is 874. The molecule has 0 radical (unpaired) electrons. The van der Waals surface area contributed by atoms with Gasteiger partial charge in [-0.3, -0.25) is 14.4 Å². The van der Waals surface area contributed by atoms with E-state index >= 15 is 0 Å². The molecule has 3 rings (SSSR count). The van der Waals surface area contributed by atoms with Crippen molar-refractivity contribution in [1.82, 2.24) is 4.90 Å². The van der Waals surface area contributed by atoms with Gasteiger partial charge in [0.1, 0.15) is 6.04 Å². The summed E-state index contributed by atoms with van der Waals surface area (Å²) in [5.41, 5.74) is 0.477. The Morgan fingerprint density at radius 1 is 1.19 bits per heavy atom. The molecular weight excluding hydrogens is 432 g/mol. The van der Waals surface area contributed by atoms with Crippen molar-refractivity contribution in [2.75, 3.05) is 25.1 Å². The first-order valence-corrected chi connectivity index (χ1v) is 11.6. The van der Waals surface area contributed by atoms with Crippen molar-refractivity contribution in [3.05, 3.63) is 41.4 Å². The van der Waals surface area contributed by atoms with E-state index < -0.39 is 29.8 Å². The van der Waals surface area contributed by atoms with Gasteiger partial charge in [0, 0.05) is 19.1 Å². The molecule has 0 bridgehead atoms. The number of nitrogens with zero attached hydrogens (tertiary/aromatic N) is 1. The number of aliphatic hydroxyl groups is 1. The van der Waals surface area contributed by atoms with Crippen LogP contribution in [-0.4, -0.2) is 53.6 Å². The number of hydrogen-bond donors (Lipinski definition) is 2. The van der Waals surface area contributed by atoms with Gasteiger partial charge < -0.3 is 20.1 Å². The maximum absolute atomic E-state index is 13.5. The maximum atomic E-state index is 13.5. The lowest BCUT2D eigenvalue weighted by molar-refractivity contribution is -0.155. The number of hydrogen-bond acceptors (Lipinski definition) is 5. The monoisotopic (exact) mass is 462 g/mol. The molecule has 174 valence electrons. The van der Waals surface area contributed by atoms with E-state index in [0.717, 1.165) is 6.42 Å². The summed E-state index contributed by atoms with van der Waals surface area (Å²) in [6.07, 6.45) is 5.83. The Balaban J connectivity index is 1.91. The molecule has 1 aromatic carbocycles. The van der Waals surface area contributed by atoms with Crippen LogP contribution in [-0.2, 0) is 19.1 Å². The largest absolute Gasteiger partial charge is 0.466 e. The molecule has 0 aromatic heterocycles. The highest BCUT2D eigenvalue weighted by Gasteiger charge is 2.56. The molecule has 1 saturated heterocycles. The normalized spacial score (nSPS) is 26.7. The maximum Gasteiger partial charge on any atom is 0.310 e. The summed E-state index contributed by atoms with van der Waals surface area (Å²) < 4.78 is 5.27. The minimum absolute atomic E-state index is 0.0841. The summed E-state index contributed by atoms with van der Waals surface area (Å²) >= 11 is 6.22. The lowest BCUT2D eigenvalue weighted by Gasteiger charge is -2.32. The molecule has 32 heavy (non-hydrogen) atoms. The number of likely N-dealkylation sites (tertiary alicyclic amines) is 1. The molecular formula is C24H31ClN2O5. The molecule has 8 heteroatoms. The number of aliphatic hydroxyl groups excluding tert-OH is 1. The Kier molecular flexibility index (Phi) is 8.32. The first-order valence-electron chi connectivity index (χ1n) is 11.2. The van der Waals surface area contributed by atoms with Crippen LogP contribution >= 0.6 is 11.6 Å². The first-order chi connectivity index (χ1) is 15.4.